The molecule has 2 unspecified atom stereocenters. The van der Waals surface area contributed by atoms with Crippen molar-refractivity contribution in [3.8, 4) is 0 Å². The molecule has 0 spiro atoms. The van der Waals surface area contributed by atoms with Crippen molar-refractivity contribution < 1.29 is 0 Å². The average molecular weight is 568 g/mol. The van der Waals surface area contributed by atoms with E-state index in [9.17, 15) is 0 Å². The third kappa shape index (κ3) is 6.44. The van der Waals surface area contributed by atoms with Crippen LogP contribution in [0, 0.1) is 0 Å². The number of nitrogens with zero attached hydrogens (tertiary/aromatic N) is 3. The van der Waals surface area contributed by atoms with Crippen molar-refractivity contribution in [3.63, 3.8) is 0 Å². The lowest BCUT2D eigenvalue weighted by molar-refractivity contribution is 0.114. The summed E-state index contributed by atoms with van der Waals surface area (Å²) in [5.74, 6) is 0.925. The monoisotopic (exact) mass is 567 g/mol. The molecule has 0 radical (unpaired) electrons. The summed E-state index contributed by atoms with van der Waals surface area (Å²) in [7, 11) is 1.87. The number of halogens is 1. The first kappa shape index (κ1) is 25.4. The second-order valence-corrected chi connectivity index (χ2v) is 10.9. The largest absolute Gasteiger partial charge is 0.356 e. The fraction of sp³-hybridized carbons (Fsp3) is 0.600. The van der Waals surface area contributed by atoms with Crippen LogP contribution >= 0.6 is 35.3 Å². The van der Waals surface area contributed by atoms with Gasteiger partial charge in [0.25, 0.3) is 0 Å². The van der Waals surface area contributed by atoms with E-state index in [2.05, 4.69) is 77.0 Å². The summed E-state index contributed by atoms with van der Waals surface area (Å²) in [6.07, 6.45) is 5.98. The highest BCUT2D eigenvalue weighted by atomic mass is 127. The lowest BCUT2D eigenvalue weighted by Crippen LogP contribution is -2.52. The Morgan fingerprint density at radius 1 is 1.16 bits per heavy atom. The Balaban J connectivity index is 0.00000289. The van der Waals surface area contributed by atoms with Gasteiger partial charge in [-0.2, -0.15) is 0 Å². The van der Waals surface area contributed by atoms with E-state index >= 15 is 0 Å². The van der Waals surface area contributed by atoms with E-state index in [4.69, 9.17) is 4.98 Å². The molecule has 2 bridgehead atoms. The zero-order valence-corrected chi connectivity index (χ0v) is 23.0. The van der Waals surface area contributed by atoms with E-state index < -0.39 is 0 Å². The lowest BCUT2D eigenvalue weighted by Gasteiger charge is -2.39. The van der Waals surface area contributed by atoms with Crippen molar-refractivity contribution in [2.45, 2.75) is 83.0 Å². The molecule has 2 aliphatic rings. The fourth-order valence-corrected chi connectivity index (χ4v) is 5.92. The summed E-state index contributed by atoms with van der Waals surface area (Å²) >= 11 is 1.76. The van der Waals surface area contributed by atoms with Gasteiger partial charge in [0, 0.05) is 55.5 Å². The molecule has 2 fully saturated rings. The van der Waals surface area contributed by atoms with Gasteiger partial charge in [-0.25, -0.2) is 4.98 Å². The first-order chi connectivity index (χ1) is 14.9. The van der Waals surface area contributed by atoms with Crippen LogP contribution in [-0.4, -0.2) is 47.6 Å². The maximum absolute atomic E-state index is 4.80. The van der Waals surface area contributed by atoms with Crippen LogP contribution in [0.5, 0.6) is 0 Å². The Hall–Kier alpha value is -1.19. The van der Waals surface area contributed by atoms with Crippen molar-refractivity contribution in [1.29, 1.82) is 0 Å². The van der Waals surface area contributed by atoms with Gasteiger partial charge in [0.1, 0.15) is 0 Å². The minimum Gasteiger partial charge on any atom is -0.356 e. The van der Waals surface area contributed by atoms with Gasteiger partial charge in [-0.3, -0.25) is 9.89 Å². The number of rotatable bonds is 6. The van der Waals surface area contributed by atoms with Crippen LogP contribution in [0.2, 0.25) is 0 Å². The molecule has 4 rings (SSSR count). The number of fused-ring (bicyclic) bond motifs is 2. The smallest absolute Gasteiger partial charge is 0.191 e. The van der Waals surface area contributed by atoms with Gasteiger partial charge in [-0.15, -0.1) is 35.3 Å². The number of aromatic nitrogens is 1. The molecule has 0 aliphatic carbocycles. The fourth-order valence-electron chi connectivity index (χ4n) is 4.89. The molecule has 2 saturated heterocycles. The average Bonchev–Trinajstić information content (AvgIpc) is 3.30. The van der Waals surface area contributed by atoms with Crippen molar-refractivity contribution in [2.75, 3.05) is 13.6 Å². The summed E-state index contributed by atoms with van der Waals surface area (Å²) in [4.78, 5) is 12.0. The normalized spacial score (nSPS) is 23.6. The van der Waals surface area contributed by atoms with Crippen LogP contribution in [0.25, 0.3) is 0 Å². The molecule has 1 aromatic heterocycles. The maximum atomic E-state index is 4.80. The molecule has 1 aromatic carbocycles. The molecule has 7 heteroatoms. The Morgan fingerprint density at radius 3 is 2.44 bits per heavy atom. The minimum atomic E-state index is 0. The first-order valence-corrected chi connectivity index (χ1v) is 12.5. The van der Waals surface area contributed by atoms with Gasteiger partial charge in [0.2, 0.25) is 0 Å². The van der Waals surface area contributed by atoms with E-state index in [1.54, 1.807) is 11.3 Å². The SMILES string of the molecule is CN=C(NCCc1nc(C(C)(C)C)cs1)NC1CC2CCC(C1)N2Cc1ccccc1.I. The number of aliphatic imine (C=N–C) groups is 1. The third-order valence-electron chi connectivity index (χ3n) is 6.61. The zero-order valence-electron chi connectivity index (χ0n) is 19.8. The molecular weight excluding hydrogens is 529 g/mol. The molecule has 2 atom stereocenters. The predicted octanol–water partition coefficient (Wildman–Crippen LogP) is 4.96. The molecule has 2 aliphatic heterocycles. The number of benzene rings is 1. The van der Waals surface area contributed by atoms with Gasteiger partial charge in [0.15, 0.2) is 5.96 Å². The molecule has 32 heavy (non-hydrogen) atoms. The van der Waals surface area contributed by atoms with Gasteiger partial charge in [0.05, 0.1) is 10.7 Å². The van der Waals surface area contributed by atoms with Crippen LogP contribution in [0.4, 0.5) is 0 Å². The number of thiazole rings is 1. The molecule has 176 valence electrons. The Morgan fingerprint density at radius 2 is 1.84 bits per heavy atom. The molecule has 2 N–H and O–H groups in total. The second-order valence-electron chi connectivity index (χ2n) is 9.98. The summed E-state index contributed by atoms with van der Waals surface area (Å²) in [6.45, 7) is 8.59. The standard InChI is InChI=1S/C25H37N5S.HI/c1-25(2,3)22-17-31-23(29-22)12-13-27-24(26-4)28-19-14-20-10-11-21(15-19)30(20)16-18-8-6-5-7-9-18;/h5-9,17,19-21H,10-16H2,1-4H3,(H2,26,27,28);1H. The van der Waals surface area contributed by atoms with E-state index in [-0.39, 0.29) is 29.4 Å². The van der Waals surface area contributed by atoms with E-state index in [0.717, 1.165) is 25.5 Å². The highest BCUT2D eigenvalue weighted by Gasteiger charge is 2.40. The molecule has 0 saturated carbocycles. The number of hydrogen-bond acceptors (Lipinski definition) is 4. The van der Waals surface area contributed by atoms with Crippen LogP contribution in [0.3, 0.4) is 0 Å². The van der Waals surface area contributed by atoms with E-state index in [1.165, 1.54) is 41.9 Å². The van der Waals surface area contributed by atoms with Gasteiger partial charge < -0.3 is 10.6 Å². The highest BCUT2D eigenvalue weighted by Crippen LogP contribution is 2.36. The number of nitrogens with one attached hydrogen (secondary N) is 2. The zero-order chi connectivity index (χ0) is 21.8. The van der Waals surface area contributed by atoms with Gasteiger partial charge in [-0.05, 0) is 31.2 Å². The van der Waals surface area contributed by atoms with Crippen molar-refractivity contribution in [1.82, 2.24) is 20.5 Å². The van der Waals surface area contributed by atoms with E-state index in [0.29, 0.717) is 18.1 Å². The first-order valence-electron chi connectivity index (χ1n) is 11.6. The quantitative estimate of drug-likeness (QED) is 0.295. The van der Waals surface area contributed by atoms with Gasteiger partial charge in [-0.1, -0.05) is 51.1 Å². The summed E-state index contributed by atoms with van der Waals surface area (Å²) in [5, 5.41) is 10.6. The van der Waals surface area contributed by atoms with E-state index in [1.807, 2.05) is 7.05 Å². The minimum absolute atomic E-state index is 0. The van der Waals surface area contributed by atoms with Crippen LogP contribution in [0.1, 0.15) is 62.7 Å². The summed E-state index contributed by atoms with van der Waals surface area (Å²) < 4.78 is 0. The second kappa shape index (κ2) is 11.3. The maximum Gasteiger partial charge on any atom is 0.191 e. The van der Waals surface area contributed by atoms with Gasteiger partial charge >= 0.3 is 0 Å². The highest BCUT2D eigenvalue weighted by molar-refractivity contribution is 14.0. The number of piperidine rings is 1. The molecule has 3 heterocycles. The summed E-state index contributed by atoms with van der Waals surface area (Å²) in [5.41, 5.74) is 2.74. The Bertz CT molecular complexity index is 862. The van der Waals surface area contributed by atoms with Crippen LogP contribution in [-0.2, 0) is 18.4 Å². The Kier molecular flexibility index (Phi) is 8.97. The van der Waals surface area contributed by atoms with Crippen molar-refractivity contribution in [3.05, 3.63) is 52.0 Å². The predicted molar refractivity (Wildman–Crippen MR) is 146 cm³/mol. The molecule has 2 aromatic rings. The number of hydrogen-bond donors (Lipinski definition) is 2. The molecule has 5 nitrogen and oxygen atoms in total. The van der Waals surface area contributed by atoms with Crippen LogP contribution < -0.4 is 10.6 Å². The van der Waals surface area contributed by atoms with Crippen molar-refractivity contribution >= 4 is 41.3 Å². The lowest BCUT2D eigenvalue weighted by atomic mass is 9.93. The van der Waals surface area contributed by atoms with Crippen molar-refractivity contribution in [2.24, 2.45) is 4.99 Å². The third-order valence-corrected chi connectivity index (χ3v) is 7.52. The number of guanidine groups is 1. The Labute approximate surface area is 214 Å². The summed E-state index contributed by atoms with van der Waals surface area (Å²) in [6, 6.07) is 12.8. The molecule has 0 amide bonds. The van der Waals surface area contributed by atoms with Crippen LogP contribution in [0.15, 0.2) is 40.7 Å². The topological polar surface area (TPSA) is 52.6 Å². The molecular formula is C25H38IN5S.